The van der Waals surface area contributed by atoms with Crippen molar-refractivity contribution in [2.75, 3.05) is 13.6 Å². The molecule has 0 aliphatic rings. The number of nitrogens with one attached hydrogen (secondary N) is 3. The van der Waals surface area contributed by atoms with Crippen LogP contribution in [0.4, 0.5) is 0 Å². The molecule has 0 aliphatic carbocycles. The molecule has 0 spiro atoms. The molecule has 4 rings (SSSR count). The molecule has 162 valence electrons. The Morgan fingerprint density at radius 1 is 1.03 bits per heavy atom. The van der Waals surface area contributed by atoms with E-state index in [9.17, 15) is 0 Å². The van der Waals surface area contributed by atoms with Gasteiger partial charge in [-0.1, -0.05) is 42.5 Å². The molecule has 4 aromatic rings. The maximum Gasteiger partial charge on any atom is 0.191 e. The lowest BCUT2D eigenvalue weighted by molar-refractivity contribution is 0.677. The van der Waals surface area contributed by atoms with Crippen LogP contribution < -0.4 is 10.6 Å². The zero-order valence-electron chi connectivity index (χ0n) is 17.9. The van der Waals surface area contributed by atoms with Gasteiger partial charge in [0.25, 0.3) is 0 Å². The second-order valence-electron chi connectivity index (χ2n) is 7.39. The first-order valence-corrected chi connectivity index (χ1v) is 10.3. The number of hydrogen-bond acceptors (Lipinski definition) is 2. The van der Waals surface area contributed by atoms with Gasteiger partial charge in [-0.05, 0) is 41.7 Å². The minimum absolute atomic E-state index is 0. The van der Waals surface area contributed by atoms with Crippen molar-refractivity contribution in [3.8, 4) is 0 Å². The molecule has 7 heteroatoms. The van der Waals surface area contributed by atoms with Gasteiger partial charge >= 0.3 is 0 Å². The molecule has 6 nitrogen and oxygen atoms in total. The molecule has 2 aromatic heterocycles. The lowest BCUT2D eigenvalue weighted by Gasteiger charge is -2.14. The van der Waals surface area contributed by atoms with Crippen molar-refractivity contribution in [1.29, 1.82) is 0 Å². The summed E-state index contributed by atoms with van der Waals surface area (Å²) in [6.07, 6.45) is 6.83. The first-order valence-electron chi connectivity index (χ1n) is 10.3. The van der Waals surface area contributed by atoms with Crippen LogP contribution in [0, 0.1) is 6.92 Å². The highest BCUT2D eigenvalue weighted by Crippen LogP contribution is 2.21. The number of nitrogens with zero attached hydrogens (tertiary/aromatic N) is 3. The number of H-pyrrole nitrogens is 1. The quantitative estimate of drug-likeness (QED) is 0.191. The number of rotatable bonds is 7. The molecular formula is C24H29IN6. The SMILES string of the molecule is CN=C(NCCc1c[nH]c2c(C)cccc12)NCc1ccccc1Cn1cccn1.I. The highest BCUT2D eigenvalue weighted by molar-refractivity contribution is 14.0. The van der Waals surface area contributed by atoms with Crippen LogP contribution in [0.1, 0.15) is 22.3 Å². The summed E-state index contributed by atoms with van der Waals surface area (Å²) in [5.41, 5.74) is 6.31. The Bertz CT molecular complexity index is 1130. The molecule has 0 atom stereocenters. The van der Waals surface area contributed by atoms with Gasteiger partial charge in [-0.25, -0.2) is 0 Å². The van der Waals surface area contributed by atoms with Crippen molar-refractivity contribution in [3.63, 3.8) is 0 Å². The average molecular weight is 528 g/mol. The fraction of sp³-hybridized carbons (Fsp3) is 0.250. The minimum atomic E-state index is 0. The highest BCUT2D eigenvalue weighted by atomic mass is 127. The van der Waals surface area contributed by atoms with Crippen molar-refractivity contribution >= 4 is 40.8 Å². The molecular weight excluding hydrogens is 499 g/mol. The number of guanidine groups is 1. The third-order valence-corrected chi connectivity index (χ3v) is 5.38. The Kier molecular flexibility index (Phi) is 8.11. The molecule has 2 heterocycles. The standard InChI is InChI=1S/C24H28N6.HI/c1-18-7-5-10-22-20(16-27-23(18)22)11-13-26-24(25-2)28-15-19-8-3-4-9-21(19)17-30-14-6-12-29-30;/h3-10,12,14,16,27H,11,13,15,17H2,1-2H3,(H2,25,26,28);1H. The number of aryl methyl sites for hydroxylation is 1. The number of para-hydroxylation sites is 1. The molecule has 3 N–H and O–H groups in total. The number of aliphatic imine (C=N–C) groups is 1. The summed E-state index contributed by atoms with van der Waals surface area (Å²) in [4.78, 5) is 7.77. The van der Waals surface area contributed by atoms with E-state index in [4.69, 9.17) is 0 Å². The van der Waals surface area contributed by atoms with E-state index in [1.807, 2.05) is 23.1 Å². The van der Waals surface area contributed by atoms with E-state index < -0.39 is 0 Å². The van der Waals surface area contributed by atoms with E-state index in [-0.39, 0.29) is 24.0 Å². The van der Waals surface area contributed by atoms with Gasteiger partial charge in [-0.15, -0.1) is 24.0 Å². The Balaban J connectivity index is 0.00000272. The van der Waals surface area contributed by atoms with Gasteiger partial charge in [0.05, 0.1) is 6.54 Å². The maximum atomic E-state index is 4.37. The number of aromatic amines is 1. The van der Waals surface area contributed by atoms with Crippen molar-refractivity contribution in [2.24, 2.45) is 4.99 Å². The lowest BCUT2D eigenvalue weighted by Crippen LogP contribution is -2.38. The number of benzene rings is 2. The van der Waals surface area contributed by atoms with Gasteiger partial charge in [-0.2, -0.15) is 5.10 Å². The van der Waals surface area contributed by atoms with Gasteiger partial charge in [0.1, 0.15) is 0 Å². The van der Waals surface area contributed by atoms with Crippen LogP contribution in [-0.4, -0.2) is 34.3 Å². The molecule has 0 saturated carbocycles. The molecule has 31 heavy (non-hydrogen) atoms. The predicted molar refractivity (Wildman–Crippen MR) is 138 cm³/mol. The van der Waals surface area contributed by atoms with Gasteiger partial charge in [0, 0.05) is 49.6 Å². The fourth-order valence-corrected chi connectivity index (χ4v) is 3.74. The summed E-state index contributed by atoms with van der Waals surface area (Å²) < 4.78 is 1.94. The first kappa shape index (κ1) is 22.9. The van der Waals surface area contributed by atoms with Crippen LogP contribution in [0.2, 0.25) is 0 Å². The summed E-state index contributed by atoms with van der Waals surface area (Å²) >= 11 is 0. The molecule has 0 radical (unpaired) electrons. The molecule has 2 aromatic carbocycles. The topological polar surface area (TPSA) is 70.0 Å². The van der Waals surface area contributed by atoms with Crippen LogP contribution in [0.15, 0.2) is 72.1 Å². The summed E-state index contributed by atoms with van der Waals surface area (Å²) in [5.74, 6) is 0.805. The van der Waals surface area contributed by atoms with E-state index >= 15 is 0 Å². The van der Waals surface area contributed by atoms with Crippen LogP contribution in [0.25, 0.3) is 10.9 Å². The minimum Gasteiger partial charge on any atom is -0.361 e. The van der Waals surface area contributed by atoms with Gasteiger partial charge in [-0.3, -0.25) is 9.67 Å². The highest BCUT2D eigenvalue weighted by Gasteiger charge is 2.07. The van der Waals surface area contributed by atoms with Crippen LogP contribution in [-0.2, 0) is 19.5 Å². The van der Waals surface area contributed by atoms with Crippen molar-refractivity contribution < 1.29 is 0 Å². The predicted octanol–water partition coefficient (Wildman–Crippen LogP) is 4.25. The van der Waals surface area contributed by atoms with Gasteiger partial charge in [0.2, 0.25) is 0 Å². The molecule has 0 fully saturated rings. The second-order valence-corrected chi connectivity index (χ2v) is 7.39. The first-order chi connectivity index (χ1) is 14.7. The largest absolute Gasteiger partial charge is 0.361 e. The normalized spacial score (nSPS) is 11.4. The monoisotopic (exact) mass is 528 g/mol. The van der Waals surface area contributed by atoms with Gasteiger partial charge in [0.15, 0.2) is 5.96 Å². The van der Waals surface area contributed by atoms with Gasteiger partial charge < -0.3 is 15.6 Å². The summed E-state index contributed by atoms with van der Waals surface area (Å²) in [6, 6.07) is 16.8. The number of halogens is 1. The summed E-state index contributed by atoms with van der Waals surface area (Å²) in [5, 5.41) is 12.5. The lowest BCUT2D eigenvalue weighted by atomic mass is 10.1. The third kappa shape index (κ3) is 5.66. The molecule has 0 aliphatic heterocycles. The van der Waals surface area contributed by atoms with E-state index in [2.05, 4.69) is 81.3 Å². The molecule has 0 amide bonds. The fourth-order valence-electron chi connectivity index (χ4n) is 3.74. The van der Waals surface area contributed by atoms with Crippen molar-refractivity contribution in [2.45, 2.75) is 26.4 Å². The number of fused-ring (bicyclic) bond motifs is 1. The Hall–Kier alpha value is -2.81. The van der Waals surface area contributed by atoms with Crippen molar-refractivity contribution in [3.05, 3.63) is 89.4 Å². The Morgan fingerprint density at radius 3 is 2.65 bits per heavy atom. The van der Waals surface area contributed by atoms with Crippen LogP contribution >= 0.6 is 24.0 Å². The van der Waals surface area contributed by atoms with E-state index in [0.717, 1.165) is 25.5 Å². The molecule has 0 saturated heterocycles. The van der Waals surface area contributed by atoms with Crippen LogP contribution in [0.3, 0.4) is 0 Å². The molecule has 0 unspecified atom stereocenters. The second kappa shape index (κ2) is 11.0. The Morgan fingerprint density at radius 2 is 1.87 bits per heavy atom. The van der Waals surface area contributed by atoms with Crippen molar-refractivity contribution in [1.82, 2.24) is 25.4 Å². The van der Waals surface area contributed by atoms with Crippen LogP contribution in [0.5, 0.6) is 0 Å². The van der Waals surface area contributed by atoms with E-state index in [0.29, 0.717) is 6.54 Å². The third-order valence-electron chi connectivity index (χ3n) is 5.38. The van der Waals surface area contributed by atoms with E-state index in [1.165, 1.54) is 33.2 Å². The van der Waals surface area contributed by atoms with E-state index in [1.54, 1.807) is 7.05 Å². The average Bonchev–Trinajstić information content (AvgIpc) is 3.42. The number of aromatic nitrogens is 3. The maximum absolute atomic E-state index is 4.37. The summed E-state index contributed by atoms with van der Waals surface area (Å²) in [6.45, 7) is 4.42. The Labute approximate surface area is 200 Å². The zero-order valence-corrected chi connectivity index (χ0v) is 20.3. The smallest absolute Gasteiger partial charge is 0.191 e. The molecule has 0 bridgehead atoms. The summed E-state index contributed by atoms with van der Waals surface area (Å²) in [7, 11) is 1.81. The zero-order chi connectivity index (χ0) is 20.8. The number of hydrogen-bond donors (Lipinski definition) is 3.